The van der Waals surface area contributed by atoms with Crippen molar-refractivity contribution in [3.8, 4) is 11.5 Å². The SMILES string of the molecule is COc1ccc(CC(=O)NN=C(C)CC(=O)Nc2cc([N+](=O)[O-])ccc2C)cc1OC. The largest absolute Gasteiger partial charge is 0.493 e. The molecule has 31 heavy (non-hydrogen) atoms. The summed E-state index contributed by atoms with van der Waals surface area (Å²) in [6.07, 6.45) is -0.0189. The van der Waals surface area contributed by atoms with Gasteiger partial charge in [0.1, 0.15) is 0 Å². The molecule has 0 aromatic heterocycles. The van der Waals surface area contributed by atoms with E-state index >= 15 is 0 Å². The van der Waals surface area contributed by atoms with Crippen molar-refractivity contribution in [2.75, 3.05) is 19.5 Å². The molecule has 0 aliphatic heterocycles. The normalized spacial score (nSPS) is 10.9. The summed E-state index contributed by atoms with van der Waals surface area (Å²) in [4.78, 5) is 34.7. The molecule has 2 amide bonds. The van der Waals surface area contributed by atoms with Crippen LogP contribution in [0.5, 0.6) is 11.5 Å². The number of rotatable bonds is 9. The van der Waals surface area contributed by atoms with Crippen molar-refractivity contribution in [1.82, 2.24) is 5.43 Å². The van der Waals surface area contributed by atoms with E-state index in [9.17, 15) is 19.7 Å². The lowest BCUT2D eigenvalue weighted by atomic mass is 10.1. The van der Waals surface area contributed by atoms with E-state index in [-0.39, 0.29) is 24.4 Å². The van der Waals surface area contributed by atoms with E-state index in [4.69, 9.17) is 9.47 Å². The maximum Gasteiger partial charge on any atom is 0.271 e. The molecule has 10 nitrogen and oxygen atoms in total. The number of aryl methyl sites for hydroxylation is 1. The number of nitrogens with one attached hydrogen (secondary N) is 2. The quantitative estimate of drug-likeness (QED) is 0.358. The molecular formula is C21H24N4O6. The Morgan fingerprint density at radius 3 is 2.42 bits per heavy atom. The summed E-state index contributed by atoms with van der Waals surface area (Å²) < 4.78 is 10.4. The fourth-order valence-electron chi connectivity index (χ4n) is 2.70. The molecule has 0 aliphatic rings. The van der Waals surface area contributed by atoms with Gasteiger partial charge in [-0.2, -0.15) is 5.10 Å². The van der Waals surface area contributed by atoms with Crippen molar-refractivity contribution in [2.45, 2.75) is 26.7 Å². The Balaban J connectivity index is 1.92. The minimum absolute atomic E-state index is 0.0657. The Morgan fingerprint density at radius 1 is 1.06 bits per heavy atom. The van der Waals surface area contributed by atoms with Crippen LogP contribution in [-0.2, 0) is 16.0 Å². The average Bonchev–Trinajstić information content (AvgIpc) is 2.73. The lowest BCUT2D eigenvalue weighted by Crippen LogP contribution is -2.23. The summed E-state index contributed by atoms with van der Waals surface area (Å²) in [5.41, 5.74) is 4.42. The van der Waals surface area contributed by atoms with Crippen LogP contribution in [0.2, 0.25) is 0 Å². The van der Waals surface area contributed by atoms with Crippen LogP contribution in [-0.4, -0.2) is 36.7 Å². The number of nitro groups is 1. The van der Waals surface area contributed by atoms with E-state index < -0.39 is 10.8 Å². The van der Waals surface area contributed by atoms with Gasteiger partial charge in [-0.15, -0.1) is 0 Å². The van der Waals surface area contributed by atoms with Gasteiger partial charge in [0.05, 0.1) is 37.7 Å². The number of carbonyl (C=O) groups excluding carboxylic acids is 2. The first-order valence-electron chi connectivity index (χ1n) is 9.31. The lowest BCUT2D eigenvalue weighted by molar-refractivity contribution is -0.384. The Kier molecular flexibility index (Phi) is 8.07. The van der Waals surface area contributed by atoms with Crippen molar-refractivity contribution in [1.29, 1.82) is 0 Å². The van der Waals surface area contributed by atoms with E-state index in [1.807, 2.05) is 0 Å². The van der Waals surface area contributed by atoms with Gasteiger partial charge in [0.15, 0.2) is 11.5 Å². The predicted octanol–water partition coefficient (Wildman–Crippen LogP) is 2.98. The van der Waals surface area contributed by atoms with Crippen LogP contribution in [0, 0.1) is 17.0 Å². The molecule has 0 bridgehead atoms. The fraction of sp³-hybridized carbons (Fsp3) is 0.286. The van der Waals surface area contributed by atoms with Gasteiger partial charge in [-0.3, -0.25) is 19.7 Å². The fourth-order valence-corrected chi connectivity index (χ4v) is 2.70. The Bertz CT molecular complexity index is 1020. The third-order valence-corrected chi connectivity index (χ3v) is 4.31. The van der Waals surface area contributed by atoms with Crippen LogP contribution in [0.3, 0.4) is 0 Å². The van der Waals surface area contributed by atoms with Gasteiger partial charge in [0.2, 0.25) is 11.8 Å². The van der Waals surface area contributed by atoms with E-state index in [0.29, 0.717) is 34.0 Å². The first kappa shape index (κ1) is 23.3. The van der Waals surface area contributed by atoms with Crippen molar-refractivity contribution >= 4 is 28.9 Å². The first-order valence-corrected chi connectivity index (χ1v) is 9.31. The molecule has 0 atom stereocenters. The zero-order valence-electron chi connectivity index (χ0n) is 17.7. The highest BCUT2D eigenvalue weighted by atomic mass is 16.6. The van der Waals surface area contributed by atoms with Gasteiger partial charge in [-0.05, 0) is 37.1 Å². The highest BCUT2D eigenvalue weighted by molar-refractivity contribution is 6.06. The van der Waals surface area contributed by atoms with Gasteiger partial charge >= 0.3 is 0 Å². The highest BCUT2D eigenvalue weighted by Gasteiger charge is 2.12. The minimum Gasteiger partial charge on any atom is -0.493 e. The first-order chi connectivity index (χ1) is 14.7. The number of amides is 2. The number of nitrogens with zero attached hydrogens (tertiary/aromatic N) is 2. The third kappa shape index (κ3) is 6.81. The summed E-state index contributed by atoms with van der Waals surface area (Å²) in [7, 11) is 3.04. The number of hydrazone groups is 1. The molecule has 2 aromatic carbocycles. The summed E-state index contributed by atoms with van der Waals surface area (Å²) in [5.74, 6) is 0.312. The summed E-state index contributed by atoms with van der Waals surface area (Å²) >= 11 is 0. The summed E-state index contributed by atoms with van der Waals surface area (Å²) in [6, 6.07) is 9.37. The topological polar surface area (TPSA) is 132 Å². The molecule has 0 saturated heterocycles. The van der Waals surface area contributed by atoms with Crippen LogP contribution in [0.15, 0.2) is 41.5 Å². The highest BCUT2D eigenvalue weighted by Crippen LogP contribution is 2.27. The number of carbonyl (C=O) groups is 2. The maximum absolute atomic E-state index is 12.2. The molecule has 0 fully saturated rings. The van der Waals surface area contributed by atoms with Gasteiger partial charge < -0.3 is 14.8 Å². The number of hydrogen-bond acceptors (Lipinski definition) is 7. The molecule has 0 spiro atoms. The van der Waals surface area contributed by atoms with Crippen LogP contribution in [0.25, 0.3) is 0 Å². The molecule has 0 aliphatic carbocycles. The van der Waals surface area contributed by atoms with Gasteiger partial charge in [-0.1, -0.05) is 12.1 Å². The van der Waals surface area contributed by atoms with E-state index in [2.05, 4.69) is 15.8 Å². The Hall–Kier alpha value is -3.95. The number of ether oxygens (including phenoxy) is 2. The van der Waals surface area contributed by atoms with Gasteiger partial charge in [-0.25, -0.2) is 5.43 Å². The van der Waals surface area contributed by atoms with E-state index in [1.165, 1.54) is 26.4 Å². The number of hydrogen-bond donors (Lipinski definition) is 2. The Labute approximate surface area is 179 Å². The maximum atomic E-state index is 12.2. The van der Waals surface area contributed by atoms with Gasteiger partial charge in [0, 0.05) is 17.8 Å². The zero-order valence-corrected chi connectivity index (χ0v) is 17.7. The number of methoxy groups -OCH3 is 2. The number of non-ortho nitro benzene ring substituents is 1. The molecule has 0 saturated carbocycles. The molecule has 2 rings (SSSR count). The number of benzene rings is 2. The molecule has 2 aromatic rings. The van der Waals surface area contributed by atoms with E-state index in [0.717, 1.165) is 0 Å². The molecule has 2 N–H and O–H groups in total. The third-order valence-electron chi connectivity index (χ3n) is 4.31. The van der Waals surface area contributed by atoms with Crippen molar-refractivity contribution < 1.29 is 24.0 Å². The summed E-state index contributed by atoms with van der Waals surface area (Å²) in [6.45, 7) is 3.32. The average molecular weight is 428 g/mol. The predicted molar refractivity (Wildman–Crippen MR) is 116 cm³/mol. The molecule has 10 heteroatoms. The van der Waals surface area contributed by atoms with Crippen molar-refractivity contribution in [2.24, 2.45) is 5.10 Å². The molecule has 0 unspecified atom stereocenters. The standard InChI is InChI=1S/C21H24N4O6/c1-13-5-7-16(25(28)29)12-17(13)22-20(26)9-14(2)23-24-21(27)11-15-6-8-18(30-3)19(10-15)31-4/h5-8,10,12H,9,11H2,1-4H3,(H,22,26)(H,24,27). The monoisotopic (exact) mass is 428 g/mol. The number of nitro benzene ring substituents is 1. The zero-order chi connectivity index (χ0) is 23.0. The van der Waals surface area contributed by atoms with Crippen LogP contribution >= 0.6 is 0 Å². The number of anilines is 1. The van der Waals surface area contributed by atoms with Crippen LogP contribution < -0.4 is 20.2 Å². The Morgan fingerprint density at radius 2 is 1.77 bits per heavy atom. The van der Waals surface area contributed by atoms with Crippen LogP contribution in [0.1, 0.15) is 24.5 Å². The molecule has 164 valence electrons. The second-order valence-corrected chi connectivity index (χ2v) is 6.73. The van der Waals surface area contributed by atoms with Crippen molar-refractivity contribution in [3.05, 3.63) is 57.6 Å². The summed E-state index contributed by atoms with van der Waals surface area (Å²) in [5, 5.41) is 17.5. The molecule has 0 radical (unpaired) electrons. The molecular weight excluding hydrogens is 404 g/mol. The lowest BCUT2D eigenvalue weighted by Gasteiger charge is -2.09. The minimum atomic E-state index is -0.532. The van der Waals surface area contributed by atoms with E-state index in [1.54, 1.807) is 38.1 Å². The molecule has 0 heterocycles. The second kappa shape index (κ2) is 10.7. The van der Waals surface area contributed by atoms with Gasteiger partial charge in [0.25, 0.3) is 5.69 Å². The van der Waals surface area contributed by atoms with Crippen molar-refractivity contribution in [3.63, 3.8) is 0 Å². The van der Waals surface area contributed by atoms with Crippen LogP contribution in [0.4, 0.5) is 11.4 Å². The smallest absolute Gasteiger partial charge is 0.271 e. The second-order valence-electron chi connectivity index (χ2n) is 6.73.